The molecule has 1 aromatic heterocycles. The lowest BCUT2D eigenvalue weighted by Gasteiger charge is -2.49. The van der Waals surface area contributed by atoms with E-state index < -0.39 is 14.6 Å². The van der Waals surface area contributed by atoms with E-state index >= 15 is 0 Å². The van der Waals surface area contributed by atoms with Crippen LogP contribution < -0.4 is 0 Å². The molecule has 0 radical (unpaired) electrons. The Morgan fingerprint density at radius 1 is 1.30 bits per heavy atom. The lowest BCUT2D eigenvalue weighted by molar-refractivity contribution is 0.0204. The van der Waals surface area contributed by atoms with Crippen molar-refractivity contribution in [2.75, 3.05) is 25.4 Å². The van der Waals surface area contributed by atoms with Crippen LogP contribution in [-0.4, -0.2) is 54.4 Å². The summed E-state index contributed by atoms with van der Waals surface area (Å²) >= 11 is 0. The number of rotatable bonds is 5. The predicted molar refractivity (Wildman–Crippen MR) is 110 cm³/mol. The number of aromatic nitrogens is 1. The van der Waals surface area contributed by atoms with Gasteiger partial charge in [0.05, 0.1) is 36.3 Å². The van der Waals surface area contributed by atoms with Crippen LogP contribution in [0.15, 0.2) is 42.5 Å². The second kappa shape index (κ2) is 7.82. The van der Waals surface area contributed by atoms with Crippen LogP contribution in [0.1, 0.15) is 33.7 Å². The van der Waals surface area contributed by atoms with Crippen LogP contribution >= 0.6 is 0 Å². The fourth-order valence-corrected chi connectivity index (χ4v) is 6.74. The number of aryl methyl sites for hydroxylation is 1. The van der Waals surface area contributed by atoms with E-state index in [4.69, 9.17) is 10.00 Å². The fourth-order valence-electron chi connectivity index (χ4n) is 4.34. The van der Waals surface area contributed by atoms with E-state index in [1.165, 1.54) is 6.07 Å². The zero-order valence-electron chi connectivity index (χ0n) is 16.7. The largest absolute Gasteiger partial charge is 0.375 e. The van der Waals surface area contributed by atoms with Crippen molar-refractivity contribution in [3.63, 3.8) is 0 Å². The van der Waals surface area contributed by atoms with E-state index in [0.29, 0.717) is 30.8 Å². The molecule has 2 fully saturated rings. The van der Waals surface area contributed by atoms with E-state index in [9.17, 15) is 13.2 Å². The molecule has 0 N–H and O–H groups in total. The van der Waals surface area contributed by atoms with Crippen molar-refractivity contribution >= 4 is 15.7 Å². The molecule has 4 rings (SSSR count). The number of hydrogen-bond acceptors (Lipinski definition) is 6. The van der Waals surface area contributed by atoms with E-state index in [1.807, 2.05) is 31.2 Å². The molecule has 1 unspecified atom stereocenters. The number of carbonyl (C=O) groups is 1. The van der Waals surface area contributed by atoms with Crippen molar-refractivity contribution in [1.82, 2.24) is 9.88 Å². The molecule has 1 spiro atoms. The lowest BCUT2D eigenvalue weighted by atomic mass is 9.83. The summed E-state index contributed by atoms with van der Waals surface area (Å²) in [6, 6.07) is 14.2. The van der Waals surface area contributed by atoms with Gasteiger partial charge in [-0.05, 0) is 43.7 Å². The van der Waals surface area contributed by atoms with Gasteiger partial charge in [-0.3, -0.25) is 9.78 Å². The first-order valence-electron chi connectivity index (χ1n) is 9.87. The molecular formula is C22H23N3O4S. The van der Waals surface area contributed by atoms with Crippen molar-refractivity contribution in [2.24, 2.45) is 5.92 Å². The first-order chi connectivity index (χ1) is 14.3. The third-order valence-electron chi connectivity index (χ3n) is 6.06. The van der Waals surface area contributed by atoms with Gasteiger partial charge in [0.1, 0.15) is 4.75 Å². The summed E-state index contributed by atoms with van der Waals surface area (Å²) in [4.78, 5) is 18.7. The van der Waals surface area contributed by atoms with Crippen molar-refractivity contribution < 1.29 is 17.9 Å². The molecule has 7 nitrogen and oxygen atoms in total. The van der Waals surface area contributed by atoms with Crippen LogP contribution in [0.3, 0.4) is 0 Å². The molecule has 0 bridgehead atoms. The molecule has 0 aliphatic carbocycles. The molecule has 2 aromatic rings. The van der Waals surface area contributed by atoms with Gasteiger partial charge in [0.2, 0.25) is 0 Å². The summed E-state index contributed by atoms with van der Waals surface area (Å²) in [5, 5.41) is 9.03. The predicted octanol–water partition coefficient (Wildman–Crippen LogP) is 2.11. The first-order valence-corrected chi connectivity index (χ1v) is 11.5. The van der Waals surface area contributed by atoms with Gasteiger partial charge in [0.25, 0.3) is 5.91 Å². The number of pyridine rings is 1. The van der Waals surface area contributed by atoms with Gasteiger partial charge in [-0.2, -0.15) is 5.26 Å². The SMILES string of the molecule is Cc1cccc(COCC2CCS(=O)(=O)C23CN(C(=O)c2cccc(C#N)c2)C3)n1. The van der Waals surface area contributed by atoms with Crippen LogP contribution in [0.4, 0.5) is 0 Å². The Labute approximate surface area is 176 Å². The number of ether oxygens (including phenoxy) is 1. The Hall–Kier alpha value is -2.76. The van der Waals surface area contributed by atoms with Crippen LogP contribution in [0.5, 0.6) is 0 Å². The monoisotopic (exact) mass is 425 g/mol. The number of likely N-dealkylation sites (tertiary alicyclic amines) is 1. The topological polar surface area (TPSA) is 100 Å². The van der Waals surface area contributed by atoms with E-state index in [0.717, 1.165) is 11.4 Å². The highest BCUT2D eigenvalue weighted by Gasteiger charge is 2.62. The number of amides is 1. The smallest absolute Gasteiger partial charge is 0.253 e. The molecule has 2 aliphatic heterocycles. The van der Waals surface area contributed by atoms with Gasteiger partial charge < -0.3 is 9.64 Å². The summed E-state index contributed by atoms with van der Waals surface area (Å²) < 4.78 is 30.5. The number of carbonyl (C=O) groups excluding carboxylic acids is 1. The molecular weight excluding hydrogens is 402 g/mol. The molecule has 1 aromatic carbocycles. The van der Waals surface area contributed by atoms with Crippen molar-refractivity contribution in [1.29, 1.82) is 5.26 Å². The lowest BCUT2D eigenvalue weighted by Crippen LogP contribution is -2.68. The van der Waals surface area contributed by atoms with Gasteiger partial charge in [0.15, 0.2) is 9.84 Å². The number of nitrogens with zero attached hydrogens (tertiary/aromatic N) is 3. The Morgan fingerprint density at radius 3 is 2.80 bits per heavy atom. The molecule has 2 aliphatic rings. The second-order valence-electron chi connectivity index (χ2n) is 8.01. The Morgan fingerprint density at radius 2 is 2.07 bits per heavy atom. The fraction of sp³-hybridized carbons (Fsp3) is 0.409. The molecule has 2 saturated heterocycles. The maximum Gasteiger partial charge on any atom is 0.253 e. The summed E-state index contributed by atoms with van der Waals surface area (Å²) in [6.45, 7) is 2.90. The summed E-state index contributed by atoms with van der Waals surface area (Å²) in [5.41, 5.74) is 2.52. The van der Waals surface area contributed by atoms with E-state index in [2.05, 4.69) is 4.98 Å². The maximum atomic E-state index is 12.8. The van der Waals surface area contributed by atoms with Crippen molar-refractivity contribution in [3.8, 4) is 6.07 Å². The third-order valence-corrected chi connectivity index (χ3v) is 8.66. The van der Waals surface area contributed by atoms with Crippen LogP contribution in [0.25, 0.3) is 0 Å². The average Bonchev–Trinajstić information content (AvgIpc) is 2.97. The maximum absolute atomic E-state index is 12.8. The van der Waals surface area contributed by atoms with Gasteiger partial charge in [-0.15, -0.1) is 0 Å². The Bertz CT molecular complexity index is 1120. The van der Waals surface area contributed by atoms with Gasteiger partial charge in [-0.1, -0.05) is 12.1 Å². The van der Waals surface area contributed by atoms with Gasteiger partial charge in [0, 0.05) is 30.3 Å². The quantitative estimate of drug-likeness (QED) is 0.727. The normalized spacial score (nSPS) is 21.2. The molecule has 156 valence electrons. The van der Waals surface area contributed by atoms with Crippen molar-refractivity contribution in [2.45, 2.75) is 24.7 Å². The zero-order chi connectivity index (χ0) is 21.4. The van der Waals surface area contributed by atoms with Crippen LogP contribution in [-0.2, 0) is 21.2 Å². The highest BCUT2D eigenvalue weighted by Crippen LogP contribution is 2.45. The summed E-state index contributed by atoms with van der Waals surface area (Å²) in [7, 11) is -3.30. The number of sulfone groups is 1. The standard InChI is InChI=1S/C22H23N3O4S/c1-16-4-2-7-20(24-16)13-29-12-19-8-9-30(27,28)22(19)14-25(15-22)21(26)18-6-3-5-17(10-18)11-23/h2-7,10,19H,8-9,12-15H2,1H3. The highest BCUT2D eigenvalue weighted by atomic mass is 32.2. The second-order valence-corrected chi connectivity index (χ2v) is 10.5. The minimum Gasteiger partial charge on any atom is -0.375 e. The minimum atomic E-state index is -3.30. The summed E-state index contributed by atoms with van der Waals surface area (Å²) in [5.74, 6) is -0.277. The van der Waals surface area contributed by atoms with E-state index in [1.54, 1.807) is 23.1 Å². The third kappa shape index (κ3) is 3.59. The summed E-state index contributed by atoms with van der Waals surface area (Å²) in [6.07, 6.45) is 0.537. The Kier molecular flexibility index (Phi) is 5.35. The first kappa shape index (κ1) is 20.5. The minimum absolute atomic E-state index is 0.121. The molecule has 8 heteroatoms. The Balaban J connectivity index is 1.42. The van der Waals surface area contributed by atoms with Crippen LogP contribution in [0, 0.1) is 24.2 Å². The molecule has 1 amide bonds. The molecule has 0 saturated carbocycles. The number of benzene rings is 1. The van der Waals surface area contributed by atoms with E-state index in [-0.39, 0.29) is 30.7 Å². The molecule has 30 heavy (non-hydrogen) atoms. The average molecular weight is 426 g/mol. The number of hydrogen-bond donors (Lipinski definition) is 0. The van der Waals surface area contributed by atoms with Crippen LogP contribution in [0.2, 0.25) is 0 Å². The van der Waals surface area contributed by atoms with Gasteiger partial charge >= 0.3 is 0 Å². The zero-order valence-corrected chi connectivity index (χ0v) is 17.6. The van der Waals surface area contributed by atoms with Crippen molar-refractivity contribution in [3.05, 3.63) is 65.0 Å². The number of nitriles is 1. The van der Waals surface area contributed by atoms with Gasteiger partial charge in [-0.25, -0.2) is 8.42 Å². The highest BCUT2D eigenvalue weighted by molar-refractivity contribution is 7.93. The molecule has 3 heterocycles. The molecule has 1 atom stereocenters.